The maximum Gasteiger partial charge on any atom is 0.335 e. The minimum absolute atomic E-state index is 0.0854. The van der Waals surface area contributed by atoms with Gasteiger partial charge in [0.15, 0.2) is 5.58 Å². The van der Waals surface area contributed by atoms with Crippen LogP contribution in [0, 0.1) is 6.92 Å². The highest BCUT2D eigenvalue weighted by atomic mass is 19.1. The summed E-state index contributed by atoms with van der Waals surface area (Å²) in [6.45, 7) is 2.43. The summed E-state index contributed by atoms with van der Waals surface area (Å²) < 4.78 is 26.3. The first kappa shape index (κ1) is 24.3. The molecular weight excluding hydrogens is 477 g/mol. The fourth-order valence-electron chi connectivity index (χ4n) is 4.50. The second-order valence-electron chi connectivity index (χ2n) is 9.03. The maximum absolute atomic E-state index is 15.1. The van der Waals surface area contributed by atoms with Crippen LogP contribution < -0.4 is 10.1 Å². The summed E-state index contributed by atoms with van der Waals surface area (Å²) in [4.78, 5) is 30.1. The normalized spacial score (nSPS) is 16.1. The van der Waals surface area contributed by atoms with E-state index < -0.39 is 18.4 Å². The van der Waals surface area contributed by atoms with E-state index in [0.29, 0.717) is 36.5 Å². The predicted octanol–water partition coefficient (Wildman–Crippen LogP) is 5.49. The second kappa shape index (κ2) is 10.3. The van der Waals surface area contributed by atoms with Crippen molar-refractivity contribution in [1.29, 1.82) is 0 Å². The molecule has 2 N–H and O–H groups in total. The molecule has 3 aromatic carbocycles. The zero-order chi connectivity index (χ0) is 25.9. The van der Waals surface area contributed by atoms with Crippen LogP contribution in [0.25, 0.3) is 11.1 Å². The third-order valence-corrected chi connectivity index (χ3v) is 6.47. The van der Waals surface area contributed by atoms with Crippen LogP contribution in [0.5, 0.6) is 5.75 Å². The lowest BCUT2D eigenvalue weighted by Gasteiger charge is -2.27. The van der Waals surface area contributed by atoms with E-state index in [1.807, 2.05) is 37.3 Å². The molecule has 5 rings (SSSR count). The number of carbonyl (C=O) groups excluding carboxylic acids is 1. The van der Waals surface area contributed by atoms with Crippen LogP contribution >= 0.6 is 0 Å². The van der Waals surface area contributed by atoms with Crippen molar-refractivity contribution in [2.75, 3.05) is 11.9 Å². The third kappa shape index (κ3) is 5.40. The minimum atomic E-state index is -1.73. The van der Waals surface area contributed by atoms with E-state index in [1.54, 1.807) is 12.1 Å². The average Bonchev–Trinajstić information content (AvgIpc) is 3.53. The number of likely N-dealkylation sites (tertiary alicyclic amines) is 1. The van der Waals surface area contributed by atoms with Crippen molar-refractivity contribution in [3.05, 3.63) is 83.4 Å². The molecule has 4 aromatic rings. The highest BCUT2D eigenvalue weighted by Gasteiger charge is 2.36. The number of rotatable bonds is 8. The standard InChI is InChI=1S/C28H26FN3O5/c1-17-5-2-3-6-21(17)30-28-31-22-13-8-18(15-24(22)37-28)16-25(33)32-14-4-7-23(32)26(29)36-20-11-9-19(10-12-20)27(34)35/h2-3,5-6,8-13,15,23,26H,4,7,14,16H2,1H3,(H,30,31)(H,34,35)/t23-,26?/m0/s1. The number of hydrogen-bond donors (Lipinski definition) is 2. The lowest BCUT2D eigenvalue weighted by molar-refractivity contribution is -0.135. The topological polar surface area (TPSA) is 105 Å². The van der Waals surface area contributed by atoms with Gasteiger partial charge in [-0.1, -0.05) is 24.3 Å². The number of benzene rings is 3. The summed E-state index contributed by atoms with van der Waals surface area (Å²) in [5.41, 5.74) is 3.99. The SMILES string of the molecule is Cc1ccccc1Nc1nc2ccc(CC(=O)N3CCC[C@H]3C(F)Oc3ccc(C(=O)O)cc3)cc2o1. The molecule has 1 aliphatic heterocycles. The Morgan fingerprint density at radius 2 is 1.97 bits per heavy atom. The van der Waals surface area contributed by atoms with Crippen LogP contribution in [0.3, 0.4) is 0 Å². The number of carboxylic acid groups (broad SMARTS) is 1. The Balaban J connectivity index is 1.24. The van der Waals surface area contributed by atoms with Crippen LogP contribution in [-0.4, -0.2) is 45.8 Å². The van der Waals surface area contributed by atoms with E-state index in [1.165, 1.54) is 29.2 Å². The highest BCUT2D eigenvalue weighted by Crippen LogP contribution is 2.28. The summed E-state index contributed by atoms with van der Waals surface area (Å²) in [5, 5.41) is 12.2. The molecule has 2 atom stereocenters. The molecule has 0 radical (unpaired) electrons. The number of para-hydroxylation sites is 1. The zero-order valence-electron chi connectivity index (χ0n) is 20.2. The fourth-order valence-corrected chi connectivity index (χ4v) is 4.50. The van der Waals surface area contributed by atoms with Gasteiger partial charge in [0.1, 0.15) is 11.3 Å². The summed E-state index contributed by atoms with van der Waals surface area (Å²) >= 11 is 0. The van der Waals surface area contributed by atoms with Crippen LogP contribution in [-0.2, 0) is 11.2 Å². The molecule has 2 heterocycles. The predicted molar refractivity (Wildman–Crippen MR) is 136 cm³/mol. The number of carbonyl (C=O) groups is 2. The maximum atomic E-state index is 15.1. The Kier molecular flexibility index (Phi) is 6.76. The van der Waals surface area contributed by atoms with Gasteiger partial charge in [0.2, 0.25) is 5.91 Å². The molecule has 37 heavy (non-hydrogen) atoms. The monoisotopic (exact) mass is 503 g/mol. The first-order chi connectivity index (χ1) is 17.9. The van der Waals surface area contributed by atoms with Crippen molar-refractivity contribution >= 4 is 34.7 Å². The van der Waals surface area contributed by atoms with Crippen LogP contribution in [0.4, 0.5) is 16.1 Å². The summed E-state index contributed by atoms with van der Waals surface area (Å²) in [5.74, 6) is -1.06. The fraction of sp³-hybridized carbons (Fsp3) is 0.250. The Morgan fingerprint density at radius 3 is 2.73 bits per heavy atom. The molecule has 9 heteroatoms. The number of aromatic nitrogens is 1. The summed E-state index contributed by atoms with van der Waals surface area (Å²) in [6, 6.07) is 18.4. The Labute approximate surface area is 212 Å². The number of hydrogen-bond acceptors (Lipinski definition) is 6. The van der Waals surface area contributed by atoms with Gasteiger partial charge >= 0.3 is 5.97 Å². The summed E-state index contributed by atoms with van der Waals surface area (Å²) in [6.07, 6.45) is -0.482. The van der Waals surface area contributed by atoms with Crippen molar-refractivity contribution < 1.29 is 28.2 Å². The van der Waals surface area contributed by atoms with Crippen molar-refractivity contribution in [3.8, 4) is 5.75 Å². The van der Waals surface area contributed by atoms with Gasteiger partial charge in [0.25, 0.3) is 12.4 Å². The van der Waals surface area contributed by atoms with E-state index in [4.69, 9.17) is 14.3 Å². The quantitative estimate of drug-likeness (QED) is 0.328. The molecule has 1 fully saturated rings. The number of alkyl halides is 1. The second-order valence-corrected chi connectivity index (χ2v) is 9.03. The molecule has 0 bridgehead atoms. The number of aryl methyl sites for hydroxylation is 1. The van der Waals surface area contributed by atoms with E-state index >= 15 is 4.39 Å². The van der Waals surface area contributed by atoms with Crippen molar-refractivity contribution in [3.63, 3.8) is 0 Å². The number of nitrogens with one attached hydrogen (secondary N) is 1. The number of halogens is 1. The van der Waals surface area contributed by atoms with Gasteiger partial charge in [-0.15, -0.1) is 0 Å². The Hall–Kier alpha value is -4.40. The molecule has 1 unspecified atom stereocenters. The number of carboxylic acids is 1. The average molecular weight is 504 g/mol. The molecule has 0 saturated carbocycles. The van der Waals surface area contributed by atoms with Gasteiger partial charge in [-0.3, -0.25) is 4.79 Å². The lowest BCUT2D eigenvalue weighted by atomic mass is 10.1. The molecule has 1 amide bonds. The molecule has 1 aromatic heterocycles. The van der Waals surface area contributed by atoms with Gasteiger partial charge in [-0.2, -0.15) is 9.37 Å². The van der Waals surface area contributed by atoms with E-state index in [-0.39, 0.29) is 23.6 Å². The van der Waals surface area contributed by atoms with Crippen molar-refractivity contribution in [2.45, 2.75) is 38.6 Å². The van der Waals surface area contributed by atoms with Gasteiger partial charge in [0.05, 0.1) is 18.0 Å². The molecule has 1 aliphatic rings. The van der Waals surface area contributed by atoms with Crippen molar-refractivity contribution in [2.24, 2.45) is 0 Å². The Bertz CT molecular complexity index is 1440. The van der Waals surface area contributed by atoms with E-state index in [2.05, 4.69) is 10.3 Å². The van der Waals surface area contributed by atoms with Crippen molar-refractivity contribution in [1.82, 2.24) is 9.88 Å². The molecule has 0 spiro atoms. The van der Waals surface area contributed by atoms with Gasteiger partial charge in [-0.05, 0) is 73.4 Å². The molecule has 1 saturated heterocycles. The van der Waals surface area contributed by atoms with Gasteiger partial charge < -0.3 is 24.5 Å². The van der Waals surface area contributed by atoms with E-state index in [0.717, 1.165) is 16.8 Å². The summed E-state index contributed by atoms with van der Waals surface area (Å²) in [7, 11) is 0. The number of amides is 1. The number of nitrogens with zero attached hydrogens (tertiary/aromatic N) is 2. The first-order valence-corrected chi connectivity index (χ1v) is 12.0. The molecular formula is C28H26FN3O5. The Morgan fingerprint density at radius 1 is 1.19 bits per heavy atom. The largest absolute Gasteiger partial charge is 0.478 e. The minimum Gasteiger partial charge on any atom is -0.478 e. The van der Waals surface area contributed by atoms with Gasteiger partial charge in [-0.25, -0.2) is 4.79 Å². The number of anilines is 2. The zero-order valence-corrected chi connectivity index (χ0v) is 20.2. The first-order valence-electron chi connectivity index (χ1n) is 12.0. The number of ether oxygens (including phenoxy) is 1. The molecule has 8 nitrogen and oxygen atoms in total. The van der Waals surface area contributed by atoms with Crippen LogP contribution in [0.15, 0.2) is 71.1 Å². The van der Waals surface area contributed by atoms with Gasteiger partial charge in [0, 0.05) is 12.2 Å². The molecule has 0 aliphatic carbocycles. The van der Waals surface area contributed by atoms with E-state index in [9.17, 15) is 9.59 Å². The molecule has 190 valence electrons. The van der Waals surface area contributed by atoms with Crippen LogP contribution in [0.2, 0.25) is 0 Å². The highest BCUT2D eigenvalue weighted by molar-refractivity contribution is 5.87. The lowest BCUT2D eigenvalue weighted by Crippen LogP contribution is -2.44. The third-order valence-electron chi connectivity index (χ3n) is 6.47. The van der Waals surface area contributed by atoms with Crippen LogP contribution in [0.1, 0.15) is 34.3 Å². The smallest absolute Gasteiger partial charge is 0.335 e. The number of oxazole rings is 1. The number of fused-ring (bicyclic) bond motifs is 1. The number of aromatic carboxylic acids is 1.